The van der Waals surface area contributed by atoms with Crippen molar-refractivity contribution in [3.63, 3.8) is 0 Å². The van der Waals surface area contributed by atoms with Crippen molar-refractivity contribution in [1.82, 2.24) is 15.1 Å². The molecule has 13 heteroatoms. The van der Waals surface area contributed by atoms with Gasteiger partial charge in [-0.3, -0.25) is 14.4 Å². The first kappa shape index (κ1) is 30.9. The molecule has 0 aliphatic carbocycles. The fourth-order valence-electron chi connectivity index (χ4n) is 4.90. The number of carbonyl (C=O) groups excluding carboxylic acids is 3. The SMILES string of the molecule is CC(=O)NCC(=O)N1CC[C@@H](C(=O)N(C)Cc2cc(C(F)(F)F)cc(C(F)(F)F)c2)[C@H](c2ccc(F)cc2C)C1. The van der Waals surface area contributed by atoms with Gasteiger partial charge >= 0.3 is 12.4 Å². The minimum atomic E-state index is -5.03. The number of nitrogens with zero attached hydrogens (tertiary/aromatic N) is 2. The van der Waals surface area contributed by atoms with Crippen LogP contribution in [0.25, 0.3) is 0 Å². The average molecular weight is 576 g/mol. The molecule has 1 N–H and O–H groups in total. The second-order valence-electron chi connectivity index (χ2n) is 9.86. The van der Waals surface area contributed by atoms with Gasteiger partial charge in [0.05, 0.1) is 17.7 Å². The van der Waals surface area contributed by atoms with E-state index in [1.54, 1.807) is 6.92 Å². The molecule has 0 bridgehead atoms. The van der Waals surface area contributed by atoms with Crippen LogP contribution in [0.3, 0.4) is 0 Å². The van der Waals surface area contributed by atoms with Gasteiger partial charge in [-0.05, 0) is 60.4 Å². The van der Waals surface area contributed by atoms with Gasteiger partial charge in [-0.2, -0.15) is 26.3 Å². The minimum absolute atomic E-state index is 0.0202. The van der Waals surface area contributed by atoms with Crippen LogP contribution in [0.15, 0.2) is 36.4 Å². The van der Waals surface area contributed by atoms with E-state index >= 15 is 0 Å². The number of aryl methyl sites for hydroxylation is 1. The van der Waals surface area contributed by atoms with Gasteiger partial charge in [-0.1, -0.05) is 6.07 Å². The topological polar surface area (TPSA) is 69.7 Å². The van der Waals surface area contributed by atoms with Crippen molar-refractivity contribution < 1.29 is 45.1 Å². The first-order valence-corrected chi connectivity index (χ1v) is 12.3. The van der Waals surface area contributed by atoms with E-state index in [0.717, 1.165) is 4.90 Å². The molecule has 1 aliphatic rings. The van der Waals surface area contributed by atoms with Crippen LogP contribution in [0, 0.1) is 18.7 Å². The fourth-order valence-corrected chi connectivity index (χ4v) is 4.90. The third-order valence-corrected chi connectivity index (χ3v) is 6.85. The lowest BCUT2D eigenvalue weighted by Crippen LogP contribution is -2.50. The van der Waals surface area contributed by atoms with Gasteiger partial charge in [-0.15, -0.1) is 0 Å². The Hall–Kier alpha value is -3.64. The highest BCUT2D eigenvalue weighted by Gasteiger charge is 2.40. The summed E-state index contributed by atoms with van der Waals surface area (Å²) in [5.74, 6) is -3.31. The van der Waals surface area contributed by atoms with Gasteiger partial charge in [0, 0.05) is 45.4 Å². The summed E-state index contributed by atoms with van der Waals surface area (Å²) in [6.45, 7) is 2.25. The summed E-state index contributed by atoms with van der Waals surface area (Å²) in [5.41, 5.74) is -2.23. The van der Waals surface area contributed by atoms with Gasteiger partial charge in [0.1, 0.15) is 5.82 Å². The molecule has 2 atom stereocenters. The first-order chi connectivity index (χ1) is 18.5. The van der Waals surface area contributed by atoms with Crippen LogP contribution >= 0.6 is 0 Å². The van der Waals surface area contributed by atoms with Crippen LogP contribution in [0.1, 0.15) is 47.1 Å². The molecule has 1 heterocycles. The molecule has 3 rings (SSSR count). The zero-order valence-corrected chi connectivity index (χ0v) is 21.9. The van der Waals surface area contributed by atoms with Crippen molar-refractivity contribution in [1.29, 1.82) is 0 Å². The monoisotopic (exact) mass is 575 g/mol. The molecule has 2 aromatic carbocycles. The normalized spacial score (nSPS) is 17.9. The van der Waals surface area contributed by atoms with Gasteiger partial charge in [0.25, 0.3) is 0 Å². The van der Waals surface area contributed by atoms with E-state index in [1.165, 1.54) is 37.1 Å². The Morgan fingerprint density at radius 1 is 1.00 bits per heavy atom. The van der Waals surface area contributed by atoms with Gasteiger partial charge in [0.2, 0.25) is 17.7 Å². The van der Waals surface area contributed by atoms with Gasteiger partial charge in [0.15, 0.2) is 0 Å². The molecule has 40 heavy (non-hydrogen) atoms. The maximum atomic E-state index is 13.8. The molecule has 1 saturated heterocycles. The Morgan fingerprint density at radius 3 is 2.12 bits per heavy atom. The molecule has 0 radical (unpaired) electrons. The molecular formula is C27H28F7N3O3. The van der Waals surface area contributed by atoms with Crippen LogP contribution in [-0.4, -0.2) is 54.2 Å². The molecule has 2 aromatic rings. The summed E-state index contributed by atoms with van der Waals surface area (Å²) in [7, 11) is 1.28. The number of hydrogen-bond donors (Lipinski definition) is 1. The van der Waals surface area contributed by atoms with E-state index in [0.29, 0.717) is 23.3 Å². The summed E-state index contributed by atoms with van der Waals surface area (Å²) in [4.78, 5) is 40.0. The number of benzene rings is 2. The lowest BCUT2D eigenvalue weighted by molar-refractivity contribution is -0.143. The second kappa shape index (κ2) is 11.8. The molecule has 0 unspecified atom stereocenters. The number of likely N-dealkylation sites (tertiary alicyclic amines) is 1. The van der Waals surface area contributed by atoms with E-state index in [2.05, 4.69) is 5.32 Å². The summed E-state index contributed by atoms with van der Waals surface area (Å²) < 4.78 is 93.6. The quantitative estimate of drug-likeness (QED) is 0.499. The van der Waals surface area contributed by atoms with Crippen LogP contribution < -0.4 is 5.32 Å². The Kier molecular flexibility index (Phi) is 9.15. The standard InChI is InChI=1S/C27H28F7N3O3/c1-15-8-20(28)4-5-21(15)23-14-37(24(39)12-35-16(2)38)7-6-22(23)25(40)36(3)13-17-9-18(26(29,30)31)11-19(10-17)27(32,33)34/h4-5,8-11,22-23H,6-7,12-14H2,1-3H3,(H,35,38)/t22-,23+/m1/s1. The lowest BCUT2D eigenvalue weighted by Gasteiger charge is -2.40. The van der Waals surface area contributed by atoms with Crippen molar-refractivity contribution in [2.75, 3.05) is 26.7 Å². The average Bonchev–Trinajstić information content (AvgIpc) is 2.85. The van der Waals surface area contributed by atoms with Crippen molar-refractivity contribution in [2.24, 2.45) is 5.92 Å². The predicted molar refractivity (Wildman–Crippen MR) is 130 cm³/mol. The van der Waals surface area contributed by atoms with E-state index in [4.69, 9.17) is 0 Å². The number of carbonyl (C=O) groups is 3. The van der Waals surface area contributed by atoms with E-state index < -0.39 is 65.4 Å². The molecule has 0 spiro atoms. The molecule has 0 aromatic heterocycles. The summed E-state index contributed by atoms with van der Waals surface area (Å²) in [5, 5.41) is 2.41. The number of hydrogen-bond acceptors (Lipinski definition) is 3. The number of amides is 3. The molecule has 218 valence electrons. The van der Waals surface area contributed by atoms with Crippen LogP contribution in [-0.2, 0) is 33.3 Å². The molecule has 0 saturated carbocycles. The van der Waals surface area contributed by atoms with Crippen molar-refractivity contribution in [3.8, 4) is 0 Å². The maximum Gasteiger partial charge on any atom is 0.416 e. The highest BCUT2D eigenvalue weighted by atomic mass is 19.4. The summed E-state index contributed by atoms with van der Waals surface area (Å²) >= 11 is 0. The third-order valence-electron chi connectivity index (χ3n) is 6.85. The number of rotatable bonds is 6. The Labute approximate surface area is 226 Å². The number of halogens is 7. The summed E-state index contributed by atoms with van der Waals surface area (Å²) in [6, 6.07) is 5.12. The van der Waals surface area contributed by atoms with Crippen LogP contribution in [0.5, 0.6) is 0 Å². The number of piperidine rings is 1. The van der Waals surface area contributed by atoms with E-state index in [9.17, 15) is 45.1 Å². The molecule has 6 nitrogen and oxygen atoms in total. The number of alkyl halides is 6. The minimum Gasteiger partial charge on any atom is -0.347 e. The van der Waals surface area contributed by atoms with E-state index in [-0.39, 0.29) is 37.7 Å². The molecule has 3 amide bonds. The van der Waals surface area contributed by atoms with Gasteiger partial charge in [-0.25, -0.2) is 4.39 Å². The maximum absolute atomic E-state index is 13.8. The second-order valence-corrected chi connectivity index (χ2v) is 9.86. The van der Waals surface area contributed by atoms with E-state index in [1.807, 2.05) is 0 Å². The number of nitrogens with one attached hydrogen (secondary N) is 1. The Balaban J connectivity index is 1.90. The third kappa shape index (κ3) is 7.51. The first-order valence-electron chi connectivity index (χ1n) is 12.3. The zero-order valence-electron chi connectivity index (χ0n) is 21.9. The fraction of sp³-hybridized carbons (Fsp3) is 0.444. The van der Waals surface area contributed by atoms with Crippen LogP contribution in [0.2, 0.25) is 0 Å². The van der Waals surface area contributed by atoms with Crippen molar-refractivity contribution in [3.05, 3.63) is 70.0 Å². The summed E-state index contributed by atoms with van der Waals surface area (Å²) in [6.07, 6.45) is -9.92. The smallest absolute Gasteiger partial charge is 0.347 e. The van der Waals surface area contributed by atoms with Crippen molar-refractivity contribution in [2.45, 2.75) is 45.1 Å². The highest BCUT2D eigenvalue weighted by molar-refractivity contribution is 5.85. The molecule has 1 aliphatic heterocycles. The Bertz CT molecular complexity index is 1240. The predicted octanol–water partition coefficient (Wildman–Crippen LogP) is 4.90. The molecular weight excluding hydrogens is 547 g/mol. The zero-order chi connectivity index (χ0) is 30.0. The van der Waals surface area contributed by atoms with Crippen molar-refractivity contribution >= 4 is 17.7 Å². The largest absolute Gasteiger partial charge is 0.416 e. The molecule has 1 fully saturated rings. The highest BCUT2D eigenvalue weighted by Crippen LogP contribution is 2.38. The van der Waals surface area contributed by atoms with Gasteiger partial charge < -0.3 is 15.1 Å². The Morgan fingerprint density at radius 2 is 1.60 bits per heavy atom. The lowest BCUT2D eigenvalue weighted by atomic mass is 9.78. The van der Waals surface area contributed by atoms with Crippen LogP contribution in [0.4, 0.5) is 30.7 Å².